The van der Waals surface area contributed by atoms with Crippen LogP contribution in [0.1, 0.15) is 15.9 Å². The number of amides is 3. The maximum Gasteiger partial charge on any atom is 0.267 e. The molecule has 9 heteroatoms. The lowest BCUT2D eigenvalue weighted by molar-refractivity contribution is -0.116. The summed E-state index contributed by atoms with van der Waals surface area (Å²) in [5.41, 5.74) is 1.25. The zero-order valence-corrected chi connectivity index (χ0v) is 16.4. The summed E-state index contributed by atoms with van der Waals surface area (Å²) in [6, 6.07) is 11.2. The second-order valence-corrected chi connectivity index (χ2v) is 8.14. The van der Waals surface area contributed by atoms with Gasteiger partial charge in [-0.2, -0.15) is 0 Å². The second kappa shape index (κ2) is 6.76. The molecule has 2 aliphatic heterocycles. The Balaban J connectivity index is 1.86. The molecule has 2 aromatic carbocycles. The van der Waals surface area contributed by atoms with Gasteiger partial charge in [0.15, 0.2) is 0 Å². The molecule has 4 rings (SSSR count). The van der Waals surface area contributed by atoms with Crippen LogP contribution >= 0.6 is 47.2 Å². The maximum absolute atomic E-state index is 13.1. The predicted molar refractivity (Wildman–Crippen MR) is 110 cm³/mol. The Kier molecular flexibility index (Phi) is 4.55. The molecule has 0 atom stereocenters. The molecular formula is C18H8Cl2N2O3S2. The first kappa shape index (κ1) is 18.2. The molecule has 3 amide bonds. The molecule has 1 fully saturated rings. The fraction of sp³-hybridized carbons (Fsp3) is 0. The summed E-state index contributed by atoms with van der Waals surface area (Å²) in [4.78, 5) is 39.6. The number of halogens is 2. The topological polar surface area (TPSA) is 66.5 Å². The predicted octanol–water partition coefficient (Wildman–Crippen LogP) is 4.04. The van der Waals surface area contributed by atoms with Gasteiger partial charge >= 0.3 is 0 Å². The lowest BCUT2D eigenvalue weighted by atomic mass is 10.1. The van der Waals surface area contributed by atoms with Gasteiger partial charge in [-0.05, 0) is 24.3 Å². The summed E-state index contributed by atoms with van der Waals surface area (Å²) >= 11 is 17.9. The van der Waals surface area contributed by atoms with E-state index >= 15 is 0 Å². The Morgan fingerprint density at radius 3 is 2.48 bits per heavy atom. The molecule has 0 aliphatic carbocycles. The van der Waals surface area contributed by atoms with Crippen LogP contribution in [0.2, 0.25) is 10.0 Å². The fourth-order valence-electron chi connectivity index (χ4n) is 2.87. The number of hydrogen-bond acceptors (Lipinski definition) is 5. The normalized spacial score (nSPS) is 18.7. The van der Waals surface area contributed by atoms with Crippen LogP contribution in [0, 0.1) is 0 Å². The number of anilines is 1. The molecule has 27 heavy (non-hydrogen) atoms. The lowest BCUT2D eigenvalue weighted by Crippen LogP contribution is -2.33. The molecule has 0 spiro atoms. The van der Waals surface area contributed by atoms with Gasteiger partial charge in [0.1, 0.15) is 4.32 Å². The SMILES string of the molecule is O=C1NC(=S)S/C1=C1\C(=O)N(C(=O)c2ccc(Cl)c(Cl)c2)c2ccccc21. The van der Waals surface area contributed by atoms with Crippen molar-refractivity contribution in [1.29, 1.82) is 0 Å². The molecule has 0 saturated carbocycles. The van der Waals surface area contributed by atoms with E-state index in [0.29, 0.717) is 16.3 Å². The van der Waals surface area contributed by atoms with Crippen LogP contribution in [0.3, 0.4) is 0 Å². The fourth-order valence-corrected chi connectivity index (χ4v) is 4.29. The number of imide groups is 1. The Labute approximate surface area is 173 Å². The van der Waals surface area contributed by atoms with Crippen LogP contribution < -0.4 is 10.2 Å². The van der Waals surface area contributed by atoms with E-state index in [1.54, 1.807) is 24.3 Å². The number of rotatable bonds is 1. The monoisotopic (exact) mass is 434 g/mol. The van der Waals surface area contributed by atoms with E-state index in [2.05, 4.69) is 5.32 Å². The average Bonchev–Trinajstić information content (AvgIpc) is 3.11. The van der Waals surface area contributed by atoms with Crippen molar-refractivity contribution >= 4 is 80.5 Å². The molecule has 0 unspecified atom stereocenters. The van der Waals surface area contributed by atoms with Crippen molar-refractivity contribution < 1.29 is 14.4 Å². The van der Waals surface area contributed by atoms with Gasteiger partial charge in [-0.1, -0.05) is 65.4 Å². The van der Waals surface area contributed by atoms with Crippen LogP contribution in [-0.4, -0.2) is 22.0 Å². The third kappa shape index (κ3) is 2.96. The zero-order valence-electron chi connectivity index (χ0n) is 13.3. The Bertz CT molecular complexity index is 1100. The quantitative estimate of drug-likeness (QED) is 0.416. The van der Waals surface area contributed by atoms with Gasteiger partial charge in [0, 0.05) is 11.1 Å². The molecule has 2 aromatic rings. The third-order valence-corrected chi connectivity index (χ3v) is 6.02. The van der Waals surface area contributed by atoms with E-state index in [4.69, 9.17) is 35.4 Å². The van der Waals surface area contributed by atoms with Crippen LogP contribution in [0.25, 0.3) is 5.57 Å². The number of carbonyl (C=O) groups is 3. The van der Waals surface area contributed by atoms with Crippen LogP contribution in [0.4, 0.5) is 5.69 Å². The van der Waals surface area contributed by atoms with Crippen molar-refractivity contribution in [2.45, 2.75) is 0 Å². The smallest absolute Gasteiger partial charge is 0.267 e. The van der Waals surface area contributed by atoms with Crippen LogP contribution in [0.15, 0.2) is 47.4 Å². The van der Waals surface area contributed by atoms with E-state index < -0.39 is 17.7 Å². The van der Waals surface area contributed by atoms with Crippen molar-refractivity contribution in [2.24, 2.45) is 0 Å². The maximum atomic E-state index is 13.1. The minimum Gasteiger partial charge on any atom is -0.307 e. The molecule has 2 heterocycles. The number of hydrogen-bond donors (Lipinski definition) is 1. The van der Waals surface area contributed by atoms with Gasteiger partial charge in [-0.3, -0.25) is 14.4 Å². The van der Waals surface area contributed by atoms with Gasteiger partial charge in [-0.15, -0.1) is 0 Å². The third-order valence-electron chi connectivity index (χ3n) is 4.04. The molecular weight excluding hydrogens is 427 g/mol. The summed E-state index contributed by atoms with van der Waals surface area (Å²) in [5, 5.41) is 3.00. The first-order valence-corrected chi connectivity index (χ1v) is 9.57. The van der Waals surface area contributed by atoms with E-state index in [9.17, 15) is 14.4 Å². The lowest BCUT2D eigenvalue weighted by Gasteiger charge is -2.15. The Morgan fingerprint density at radius 1 is 1.07 bits per heavy atom. The largest absolute Gasteiger partial charge is 0.307 e. The van der Waals surface area contributed by atoms with E-state index in [-0.39, 0.29) is 25.4 Å². The van der Waals surface area contributed by atoms with E-state index in [1.165, 1.54) is 18.2 Å². The number of benzene rings is 2. The van der Waals surface area contributed by atoms with E-state index in [0.717, 1.165) is 16.7 Å². The molecule has 2 aliphatic rings. The number of thioether (sulfide) groups is 1. The summed E-state index contributed by atoms with van der Waals surface area (Å²) in [6.07, 6.45) is 0. The summed E-state index contributed by atoms with van der Waals surface area (Å²) in [5.74, 6) is -1.60. The highest BCUT2D eigenvalue weighted by molar-refractivity contribution is 8.27. The number of nitrogens with one attached hydrogen (secondary N) is 1. The van der Waals surface area contributed by atoms with Gasteiger partial charge in [0.2, 0.25) is 0 Å². The summed E-state index contributed by atoms with van der Waals surface area (Å²) in [7, 11) is 0. The van der Waals surface area contributed by atoms with Crippen molar-refractivity contribution in [3.05, 3.63) is 68.5 Å². The van der Waals surface area contributed by atoms with Crippen molar-refractivity contribution in [3.63, 3.8) is 0 Å². The number of fused-ring (bicyclic) bond motifs is 1. The Morgan fingerprint density at radius 2 is 1.81 bits per heavy atom. The first-order chi connectivity index (χ1) is 12.9. The Hall–Kier alpha value is -2.19. The second-order valence-electron chi connectivity index (χ2n) is 5.64. The minimum absolute atomic E-state index is 0.154. The molecule has 0 radical (unpaired) electrons. The number of nitrogens with zero attached hydrogens (tertiary/aromatic N) is 1. The standard InChI is InChI=1S/C18H8Cl2N2O3S2/c19-10-6-5-8(7-11(10)20)16(24)22-12-4-2-1-3-9(12)13(17(22)25)14-15(23)21-18(26)27-14/h1-7H,(H,21,23,26)/b14-13-. The minimum atomic E-state index is -0.588. The molecule has 134 valence electrons. The number of carbonyl (C=O) groups excluding carboxylic acids is 3. The van der Waals surface area contributed by atoms with Crippen LogP contribution in [-0.2, 0) is 9.59 Å². The molecule has 5 nitrogen and oxygen atoms in total. The van der Waals surface area contributed by atoms with Gasteiger partial charge in [-0.25, -0.2) is 4.90 Å². The van der Waals surface area contributed by atoms with Crippen molar-refractivity contribution in [1.82, 2.24) is 5.32 Å². The number of thiocarbonyl (C=S) groups is 1. The molecule has 1 N–H and O–H groups in total. The summed E-state index contributed by atoms with van der Waals surface area (Å²) < 4.78 is 0.266. The van der Waals surface area contributed by atoms with Crippen molar-refractivity contribution in [3.8, 4) is 0 Å². The summed E-state index contributed by atoms with van der Waals surface area (Å²) in [6.45, 7) is 0. The van der Waals surface area contributed by atoms with Gasteiger partial charge in [0.25, 0.3) is 17.7 Å². The van der Waals surface area contributed by atoms with E-state index in [1.807, 2.05) is 0 Å². The van der Waals surface area contributed by atoms with Crippen LogP contribution in [0.5, 0.6) is 0 Å². The molecule has 1 saturated heterocycles. The molecule has 0 aromatic heterocycles. The highest BCUT2D eigenvalue weighted by Gasteiger charge is 2.41. The number of para-hydroxylation sites is 1. The average molecular weight is 435 g/mol. The molecule has 0 bridgehead atoms. The highest BCUT2D eigenvalue weighted by atomic mass is 35.5. The highest BCUT2D eigenvalue weighted by Crippen LogP contribution is 2.43. The zero-order chi connectivity index (χ0) is 19.3. The van der Waals surface area contributed by atoms with Crippen molar-refractivity contribution in [2.75, 3.05) is 4.90 Å². The van der Waals surface area contributed by atoms with Gasteiger partial charge in [0.05, 0.1) is 26.2 Å². The van der Waals surface area contributed by atoms with Gasteiger partial charge < -0.3 is 5.32 Å². The first-order valence-electron chi connectivity index (χ1n) is 7.59.